The van der Waals surface area contributed by atoms with Crippen molar-refractivity contribution in [3.05, 3.63) is 107 Å². The van der Waals surface area contributed by atoms with Crippen molar-refractivity contribution in [2.24, 2.45) is 0 Å². The Hall–Kier alpha value is -2.17. The maximum absolute atomic E-state index is 12.4. The summed E-state index contributed by atoms with van der Waals surface area (Å²) in [6.07, 6.45) is 0.570. The predicted molar refractivity (Wildman–Crippen MR) is 129 cm³/mol. The number of rotatable bonds is 7. The molecule has 4 heteroatoms. The molecule has 0 amide bonds. The van der Waals surface area contributed by atoms with E-state index in [1.165, 1.54) is 11.1 Å². The summed E-state index contributed by atoms with van der Waals surface area (Å²) in [6.45, 7) is 6.19. The summed E-state index contributed by atoms with van der Waals surface area (Å²) in [4.78, 5) is 2.42. The molecule has 0 aromatic heterocycles. The topological polar surface area (TPSA) is 32.7 Å². The Morgan fingerprint density at radius 2 is 1.45 bits per heavy atom. The van der Waals surface area contributed by atoms with Gasteiger partial charge in [-0.3, -0.25) is 4.90 Å². The Morgan fingerprint density at radius 1 is 0.871 bits per heavy atom. The highest BCUT2D eigenvalue weighted by molar-refractivity contribution is 5.85. The van der Waals surface area contributed by atoms with E-state index >= 15 is 0 Å². The molecule has 31 heavy (non-hydrogen) atoms. The van der Waals surface area contributed by atoms with E-state index < -0.39 is 5.60 Å². The first-order valence-electron chi connectivity index (χ1n) is 10.8. The summed E-state index contributed by atoms with van der Waals surface area (Å²) in [5.74, 6) is -0.0558. The summed E-state index contributed by atoms with van der Waals surface area (Å²) >= 11 is 0. The summed E-state index contributed by atoms with van der Waals surface area (Å²) in [6, 6.07) is 29.2. The molecule has 2 atom stereocenters. The average molecular weight is 438 g/mol. The Balaban J connectivity index is 0.00000272. The normalized spacial score (nSPS) is 17.4. The van der Waals surface area contributed by atoms with Crippen LogP contribution in [-0.4, -0.2) is 42.9 Å². The molecule has 1 aliphatic heterocycles. The van der Waals surface area contributed by atoms with Gasteiger partial charge < -0.3 is 9.84 Å². The summed E-state index contributed by atoms with van der Waals surface area (Å²) in [5.41, 5.74) is 3.46. The third kappa shape index (κ3) is 5.75. The van der Waals surface area contributed by atoms with Crippen molar-refractivity contribution >= 4 is 12.4 Å². The second-order valence-corrected chi connectivity index (χ2v) is 8.33. The molecule has 0 aliphatic carbocycles. The minimum Gasteiger partial charge on any atom is -0.384 e. The van der Waals surface area contributed by atoms with Crippen molar-refractivity contribution in [1.82, 2.24) is 4.90 Å². The van der Waals surface area contributed by atoms with Gasteiger partial charge >= 0.3 is 0 Å². The van der Waals surface area contributed by atoms with Crippen LogP contribution in [0.5, 0.6) is 0 Å². The van der Waals surface area contributed by atoms with E-state index in [-0.39, 0.29) is 18.3 Å². The van der Waals surface area contributed by atoms with E-state index in [1.807, 2.05) is 24.3 Å². The minimum absolute atomic E-state index is 0. The largest absolute Gasteiger partial charge is 0.384 e. The third-order valence-electron chi connectivity index (χ3n) is 6.19. The van der Waals surface area contributed by atoms with Gasteiger partial charge in [0.25, 0.3) is 0 Å². The lowest BCUT2D eigenvalue weighted by Gasteiger charge is -2.41. The van der Waals surface area contributed by atoms with Gasteiger partial charge in [-0.05, 0) is 23.6 Å². The van der Waals surface area contributed by atoms with E-state index in [2.05, 4.69) is 72.5 Å². The molecule has 3 nitrogen and oxygen atoms in total. The van der Waals surface area contributed by atoms with Crippen LogP contribution in [0.4, 0.5) is 0 Å². The van der Waals surface area contributed by atoms with Crippen LogP contribution in [0.2, 0.25) is 0 Å². The molecule has 1 saturated heterocycles. The second kappa shape index (κ2) is 10.9. The molecule has 2 unspecified atom stereocenters. The standard InChI is InChI=1S/C27H31NO2.ClH/c1-22-12-14-25(15-13-22)27(29,20-23-8-4-2-5-9-23)26(24-10-6-3-7-11-24)21-28-16-18-30-19-17-28;/h2-15,26,29H,16-21H2,1H3;1H. The van der Waals surface area contributed by atoms with Gasteiger partial charge in [0.2, 0.25) is 0 Å². The molecule has 3 aromatic rings. The van der Waals surface area contributed by atoms with Crippen molar-refractivity contribution in [3.63, 3.8) is 0 Å². The van der Waals surface area contributed by atoms with E-state index in [1.54, 1.807) is 0 Å². The summed E-state index contributed by atoms with van der Waals surface area (Å²) in [5, 5.41) is 12.4. The van der Waals surface area contributed by atoms with Gasteiger partial charge in [0.1, 0.15) is 5.60 Å². The second-order valence-electron chi connectivity index (χ2n) is 8.33. The van der Waals surface area contributed by atoms with Crippen LogP contribution in [0.25, 0.3) is 0 Å². The summed E-state index contributed by atoms with van der Waals surface area (Å²) < 4.78 is 5.56. The first-order valence-corrected chi connectivity index (χ1v) is 10.8. The lowest BCUT2D eigenvalue weighted by atomic mass is 9.73. The Bertz CT molecular complexity index is 911. The maximum atomic E-state index is 12.4. The van der Waals surface area contributed by atoms with Crippen molar-refractivity contribution < 1.29 is 9.84 Å². The number of hydrogen-bond acceptors (Lipinski definition) is 3. The highest BCUT2D eigenvalue weighted by atomic mass is 35.5. The molecule has 1 aliphatic rings. The number of morpholine rings is 1. The molecule has 1 heterocycles. The molecule has 3 aromatic carbocycles. The number of aryl methyl sites for hydroxylation is 1. The monoisotopic (exact) mass is 437 g/mol. The van der Waals surface area contributed by atoms with Crippen molar-refractivity contribution in [3.8, 4) is 0 Å². The number of nitrogens with zero attached hydrogens (tertiary/aromatic N) is 1. The Morgan fingerprint density at radius 3 is 2.06 bits per heavy atom. The molecule has 0 saturated carbocycles. The molecule has 0 spiro atoms. The van der Waals surface area contributed by atoms with Crippen LogP contribution < -0.4 is 0 Å². The minimum atomic E-state index is -1.02. The number of hydrogen-bond donors (Lipinski definition) is 1. The molecule has 164 valence electrons. The zero-order chi connectivity index (χ0) is 20.8. The van der Waals surface area contributed by atoms with Crippen LogP contribution in [0.15, 0.2) is 84.9 Å². The molecule has 0 radical (unpaired) electrons. The molecular formula is C27H32ClNO2. The van der Waals surface area contributed by atoms with Gasteiger partial charge in [-0.25, -0.2) is 0 Å². The lowest BCUT2D eigenvalue weighted by Crippen LogP contribution is -2.45. The van der Waals surface area contributed by atoms with Crippen molar-refractivity contribution in [1.29, 1.82) is 0 Å². The van der Waals surface area contributed by atoms with Crippen molar-refractivity contribution in [2.75, 3.05) is 32.8 Å². The smallest absolute Gasteiger partial charge is 0.102 e. The van der Waals surface area contributed by atoms with E-state index in [0.717, 1.165) is 44.0 Å². The number of aliphatic hydroxyl groups is 1. The highest BCUT2D eigenvalue weighted by Crippen LogP contribution is 2.40. The van der Waals surface area contributed by atoms with Crippen LogP contribution in [0, 0.1) is 6.92 Å². The van der Waals surface area contributed by atoms with Gasteiger partial charge in [0.05, 0.1) is 13.2 Å². The molecule has 0 bridgehead atoms. The number of ether oxygens (including phenoxy) is 1. The van der Waals surface area contributed by atoms with Gasteiger partial charge in [0.15, 0.2) is 0 Å². The SMILES string of the molecule is Cc1ccc(C(O)(Cc2ccccc2)C(CN2CCOCC2)c2ccccc2)cc1.Cl. The van der Waals surface area contributed by atoms with Crippen LogP contribution in [0.3, 0.4) is 0 Å². The molecule has 1 fully saturated rings. The maximum Gasteiger partial charge on any atom is 0.102 e. The number of halogens is 1. The van der Waals surface area contributed by atoms with Crippen LogP contribution >= 0.6 is 12.4 Å². The van der Waals surface area contributed by atoms with E-state index in [9.17, 15) is 5.11 Å². The molecule has 1 N–H and O–H groups in total. The fourth-order valence-corrected chi connectivity index (χ4v) is 4.44. The van der Waals surface area contributed by atoms with Crippen LogP contribution in [0.1, 0.15) is 28.2 Å². The summed E-state index contributed by atoms with van der Waals surface area (Å²) in [7, 11) is 0. The number of benzene rings is 3. The fourth-order valence-electron chi connectivity index (χ4n) is 4.44. The van der Waals surface area contributed by atoms with Gasteiger partial charge in [-0.2, -0.15) is 0 Å². The Labute approximate surface area is 192 Å². The van der Waals surface area contributed by atoms with Crippen molar-refractivity contribution in [2.45, 2.75) is 24.9 Å². The zero-order valence-corrected chi connectivity index (χ0v) is 18.9. The third-order valence-corrected chi connectivity index (χ3v) is 6.19. The van der Waals surface area contributed by atoms with E-state index in [4.69, 9.17) is 4.74 Å². The average Bonchev–Trinajstić information content (AvgIpc) is 2.80. The first-order chi connectivity index (χ1) is 14.6. The van der Waals surface area contributed by atoms with Gasteiger partial charge in [-0.1, -0.05) is 90.5 Å². The molecular weight excluding hydrogens is 406 g/mol. The quantitative estimate of drug-likeness (QED) is 0.566. The first kappa shape index (κ1) is 23.5. The van der Waals surface area contributed by atoms with E-state index in [0.29, 0.717) is 6.42 Å². The lowest BCUT2D eigenvalue weighted by molar-refractivity contribution is -0.0223. The van der Waals surface area contributed by atoms with Gasteiger partial charge in [0, 0.05) is 32.0 Å². The Kier molecular flexibility index (Phi) is 8.28. The van der Waals surface area contributed by atoms with Gasteiger partial charge in [-0.15, -0.1) is 12.4 Å². The highest BCUT2D eigenvalue weighted by Gasteiger charge is 2.40. The predicted octanol–water partition coefficient (Wildman–Crippen LogP) is 4.96. The zero-order valence-electron chi connectivity index (χ0n) is 18.1. The molecule has 4 rings (SSSR count). The fraction of sp³-hybridized carbons (Fsp3) is 0.333. The van der Waals surface area contributed by atoms with Crippen LogP contribution in [-0.2, 0) is 16.8 Å².